The molecule has 0 bridgehead atoms. The van der Waals surface area contributed by atoms with Crippen molar-refractivity contribution in [2.75, 3.05) is 6.61 Å². The molecule has 0 rings (SSSR count). The summed E-state index contributed by atoms with van der Waals surface area (Å²) in [4.78, 5) is 0. The van der Waals surface area contributed by atoms with Crippen LogP contribution < -0.4 is 0 Å². The summed E-state index contributed by atoms with van der Waals surface area (Å²) in [6.07, 6.45) is 5.80. The molecule has 0 aliphatic carbocycles. The average molecular weight is 242 g/mol. The minimum atomic E-state index is -1.78. The van der Waals surface area contributed by atoms with Gasteiger partial charge in [0.1, 0.15) is 0 Å². The van der Waals surface area contributed by atoms with Crippen LogP contribution in [0.4, 0.5) is 0 Å². The minimum absolute atomic E-state index is 0.194. The van der Waals surface area contributed by atoms with Crippen molar-refractivity contribution < 1.29 is 9.16 Å². The molecule has 0 aliphatic rings. The Hall–Kier alpha value is -0.703. The molecule has 0 aliphatic heterocycles. The minimum Gasteiger partial charge on any atom is -0.519 e. The molecular weight excluding hydrogens is 216 g/mol. The molecule has 0 saturated carbocycles. The van der Waals surface area contributed by atoms with Crippen LogP contribution in [0.25, 0.3) is 0 Å². The molecule has 0 unspecified atom stereocenters. The van der Waals surface area contributed by atoms with Gasteiger partial charge in [-0.25, -0.2) is 0 Å². The SMILES string of the molecule is C/C=C/C=C(/OCC)O[Si](C)(C)C(C)(C)C. The highest BCUT2D eigenvalue weighted by atomic mass is 28.4. The van der Waals surface area contributed by atoms with Gasteiger partial charge in [-0.05, 0) is 32.0 Å². The predicted molar refractivity (Wildman–Crippen MR) is 72.8 cm³/mol. The fourth-order valence-electron chi connectivity index (χ4n) is 0.833. The molecule has 0 amide bonds. The first-order valence-corrected chi connectivity index (χ1v) is 8.80. The second-order valence-corrected chi connectivity index (χ2v) is 10.0. The maximum Gasteiger partial charge on any atom is 0.265 e. The molecule has 0 aromatic heterocycles. The van der Waals surface area contributed by atoms with E-state index in [-0.39, 0.29) is 5.04 Å². The lowest BCUT2D eigenvalue weighted by molar-refractivity contribution is 0.107. The van der Waals surface area contributed by atoms with Gasteiger partial charge in [-0.3, -0.25) is 0 Å². The number of allylic oxidation sites excluding steroid dienone is 3. The summed E-state index contributed by atoms with van der Waals surface area (Å²) < 4.78 is 11.6. The monoisotopic (exact) mass is 242 g/mol. The molecule has 0 radical (unpaired) electrons. The van der Waals surface area contributed by atoms with Gasteiger partial charge in [0, 0.05) is 6.08 Å². The van der Waals surface area contributed by atoms with E-state index in [2.05, 4.69) is 33.9 Å². The highest BCUT2D eigenvalue weighted by Crippen LogP contribution is 2.37. The number of ether oxygens (including phenoxy) is 1. The first-order valence-electron chi connectivity index (χ1n) is 5.89. The number of hydrogen-bond donors (Lipinski definition) is 0. The van der Waals surface area contributed by atoms with Crippen molar-refractivity contribution in [2.24, 2.45) is 0 Å². The molecule has 0 fully saturated rings. The zero-order valence-electron chi connectivity index (χ0n) is 11.8. The Balaban J connectivity index is 4.75. The molecule has 0 aromatic rings. The van der Waals surface area contributed by atoms with E-state index in [4.69, 9.17) is 9.16 Å². The van der Waals surface area contributed by atoms with E-state index >= 15 is 0 Å². The standard InChI is InChI=1S/C13H26O2Si/c1-8-10-11-12(14-9-2)15-16(6,7)13(3,4)5/h8,10-11H,9H2,1-7H3/b10-8+,12-11-. The van der Waals surface area contributed by atoms with Crippen LogP contribution in [0.15, 0.2) is 24.2 Å². The van der Waals surface area contributed by atoms with Gasteiger partial charge < -0.3 is 9.16 Å². The van der Waals surface area contributed by atoms with E-state index in [1.165, 1.54) is 0 Å². The molecular formula is C13H26O2Si. The van der Waals surface area contributed by atoms with Crippen molar-refractivity contribution in [1.82, 2.24) is 0 Å². The summed E-state index contributed by atoms with van der Waals surface area (Å²) in [5.41, 5.74) is 0. The van der Waals surface area contributed by atoms with Gasteiger partial charge in [0.25, 0.3) is 14.3 Å². The topological polar surface area (TPSA) is 18.5 Å². The van der Waals surface area contributed by atoms with Crippen LogP contribution in [-0.4, -0.2) is 14.9 Å². The molecule has 0 heterocycles. The molecule has 94 valence electrons. The van der Waals surface area contributed by atoms with E-state index in [0.29, 0.717) is 12.6 Å². The van der Waals surface area contributed by atoms with Crippen LogP contribution in [0.5, 0.6) is 0 Å². The van der Waals surface area contributed by atoms with E-state index in [1.807, 2.05) is 32.1 Å². The second-order valence-electron chi connectivity index (χ2n) is 5.31. The third-order valence-corrected chi connectivity index (χ3v) is 7.20. The maximum atomic E-state index is 6.07. The number of rotatable bonds is 5. The summed E-state index contributed by atoms with van der Waals surface area (Å²) in [5.74, 6) is 0.646. The molecule has 16 heavy (non-hydrogen) atoms. The summed E-state index contributed by atoms with van der Waals surface area (Å²) in [5, 5.41) is 0.194. The van der Waals surface area contributed by atoms with Gasteiger partial charge in [0.15, 0.2) is 0 Å². The molecule has 0 saturated heterocycles. The van der Waals surface area contributed by atoms with Gasteiger partial charge in [-0.2, -0.15) is 0 Å². The van der Waals surface area contributed by atoms with Crippen molar-refractivity contribution in [1.29, 1.82) is 0 Å². The Bertz CT molecular complexity index is 260. The molecule has 3 heteroatoms. The largest absolute Gasteiger partial charge is 0.519 e. The first kappa shape index (κ1) is 15.3. The smallest absolute Gasteiger partial charge is 0.265 e. The molecule has 0 N–H and O–H groups in total. The number of hydrogen-bond acceptors (Lipinski definition) is 2. The van der Waals surface area contributed by atoms with Gasteiger partial charge in [-0.15, -0.1) is 0 Å². The normalized spacial score (nSPS) is 14.3. The van der Waals surface area contributed by atoms with Crippen molar-refractivity contribution >= 4 is 8.32 Å². The van der Waals surface area contributed by atoms with Crippen molar-refractivity contribution in [3.8, 4) is 0 Å². The summed E-state index contributed by atoms with van der Waals surface area (Å²) in [6, 6.07) is 0. The van der Waals surface area contributed by atoms with Crippen LogP contribution in [-0.2, 0) is 9.16 Å². The van der Waals surface area contributed by atoms with Crippen LogP contribution in [0.3, 0.4) is 0 Å². The Morgan fingerprint density at radius 2 is 1.81 bits per heavy atom. The summed E-state index contributed by atoms with van der Waals surface area (Å²) in [7, 11) is -1.78. The molecule has 2 nitrogen and oxygen atoms in total. The van der Waals surface area contributed by atoms with Gasteiger partial charge in [-0.1, -0.05) is 32.9 Å². The van der Waals surface area contributed by atoms with E-state index < -0.39 is 8.32 Å². The third-order valence-electron chi connectivity index (χ3n) is 2.87. The van der Waals surface area contributed by atoms with Crippen molar-refractivity contribution in [3.05, 3.63) is 24.2 Å². The lowest BCUT2D eigenvalue weighted by Crippen LogP contribution is -2.40. The van der Waals surface area contributed by atoms with Crippen molar-refractivity contribution in [2.45, 2.75) is 52.8 Å². The van der Waals surface area contributed by atoms with Crippen LogP contribution in [0.2, 0.25) is 18.1 Å². The maximum absolute atomic E-state index is 6.07. The lowest BCUT2D eigenvalue weighted by atomic mass is 10.2. The zero-order valence-corrected chi connectivity index (χ0v) is 12.8. The Labute approximate surface area is 101 Å². The zero-order chi connectivity index (χ0) is 12.8. The fourth-order valence-corrected chi connectivity index (χ4v) is 1.77. The lowest BCUT2D eigenvalue weighted by Gasteiger charge is -2.36. The highest BCUT2D eigenvalue weighted by molar-refractivity contribution is 6.74. The van der Waals surface area contributed by atoms with E-state index in [0.717, 1.165) is 0 Å². The van der Waals surface area contributed by atoms with E-state index in [9.17, 15) is 0 Å². The van der Waals surface area contributed by atoms with Crippen LogP contribution in [0, 0.1) is 0 Å². The van der Waals surface area contributed by atoms with Gasteiger partial charge >= 0.3 is 0 Å². The summed E-state index contributed by atoms with van der Waals surface area (Å²) >= 11 is 0. The van der Waals surface area contributed by atoms with Gasteiger partial charge in [0.05, 0.1) is 6.61 Å². The fraction of sp³-hybridized carbons (Fsp3) is 0.692. The van der Waals surface area contributed by atoms with Gasteiger partial charge in [0.2, 0.25) is 0 Å². The van der Waals surface area contributed by atoms with Crippen molar-refractivity contribution in [3.63, 3.8) is 0 Å². The van der Waals surface area contributed by atoms with Crippen LogP contribution >= 0.6 is 0 Å². The quantitative estimate of drug-likeness (QED) is 0.402. The average Bonchev–Trinajstić information content (AvgIpc) is 2.12. The predicted octanol–water partition coefficient (Wildman–Crippen LogP) is 4.46. The Morgan fingerprint density at radius 3 is 2.19 bits per heavy atom. The highest BCUT2D eigenvalue weighted by Gasteiger charge is 2.39. The molecule has 0 aromatic carbocycles. The Kier molecular flexibility index (Phi) is 5.87. The Morgan fingerprint density at radius 1 is 1.25 bits per heavy atom. The second kappa shape index (κ2) is 6.14. The van der Waals surface area contributed by atoms with E-state index in [1.54, 1.807) is 0 Å². The first-order chi connectivity index (χ1) is 7.24. The molecule has 0 atom stereocenters. The third kappa shape index (κ3) is 4.88. The molecule has 0 spiro atoms. The van der Waals surface area contributed by atoms with Crippen LogP contribution in [0.1, 0.15) is 34.6 Å². The summed E-state index contributed by atoms with van der Waals surface area (Å²) in [6.45, 7) is 15.7.